The summed E-state index contributed by atoms with van der Waals surface area (Å²) in [5.74, 6) is -1.87. The summed E-state index contributed by atoms with van der Waals surface area (Å²) in [6.45, 7) is 3.77. The summed E-state index contributed by atoms with van der Waals surface area (Å²) in [5, 5.41) is 14.0. The molecule has 0 aliphatic heterocycles. The zero-order chi connectivity index (χ0) is 18.1. The Bertz CT molecular complexity index is 572. The van der Waals surface area contributed by atoms with E-state index in [0.29, 0.717) is 17.9 Å². The second-order valence-electron chi connectivity index (χ2n) is 5.98. The van der Waals surface area contributed by atoms with Crippen LogP contribution in [-0.4, -0.2) is 29.4 Å². The number of hydrogen-bond acceptors (Lipinski definition) is 3. The normalized spacial score (nSPS) is 11.8. The number of carboxylic acids is 1. The van der Waals surface area contributed by atoms with Gasteiger partial charge >= 0.3 is 5.97 Å². The highest BCUT2D eigenvalue weighted by molar-refractivity contribution is 5.85. The van der Waals surface area contributed by atoms with Crippen LogP contribution in [0.4, 0.5) is 4.39 Å². The molecule has 0 radical (unpaired) electrons. The predicted molar refractivity (Wildman–Crippen MR) is 86.6 cm³/mol. The third-order valence-corrected chi connectivity index (χ3v) is 3.38. The van der Waals surface area contributed by atoms with Gasteiger partial charge in [-0.15, -0.1) is 0 Å². The van der Waals surface area contributed by atoms with E-state index in [1.54, 1.807) is 0 Å². The fourth-order valence-electron chi connectivity index (χ4n) is 2.05. The molecule has 0 fully saturated rings. The lowest BCUT2D eigenvalue weighted by Gasteiger charge is -2.18. The zero-order valence-electron chi connectivity index (χ0n) is 13.8. The number of carboxylic acid groups (broad SMARTS) is 1. The minimum absolute atomic E-state index is 0.226. The van der Waals surface area contributed by atoms with E-state index in [4.69, 9.17) is 5.11 Å². The van der Waals surface area contributed by atoms with Gasteiger partial charge in [-0.1, -0.05) is 26.0 Å². The van der Waals surface area contributed by atoms with Gasteiger partial charge in [0.05, 0.1) is 19.0 Å². The summed E-state index contributed by atoms with van der Waals surface area (Å²) >= 11 is 0. The number of rotatable bonds is 9. The summed E-state index contributed by atoms with van der Waals surface area (Å²) < 4.78 is 13.0. The van der Waals surface area contributed by atoms with Crippen LogP contribution in [0.2, 0.25) is 0 Å². The molecule has 0 bridgehead atoms. The molecule has 132 valence electrons. The van der Waals surface area contributed by atoms with Gasteiger partial charge in [-0.25, -0.2) is 4.39 Å². The van der Waals surface area contributed by atoms with Crippen molar-refractivity contribution in [3.8, 4) is 0 Å². The molecule has 1 aromatic rings. The minimum atomic E-state index is -1.09. The smallest absolute Gasteiger partial charge is 0.305 e. The molecule has 0 heterocycles. The molecule has 3 N–H and O–H groups in total. The zero-order valence-corrected chi connectivity index (χ0v) is 13.8. The Kier molecular flexibility index (Phi) is 7.88. The third-order valence-electron chi connectivity index (χ3n) is 3.38. The maximum Gasteiger partial charge on any atom is 0.305 e. The maximum atomic E-state index is 13.0. The number of carbonyl (C=O) groups excluding carboxylic acids is 2. The minimum Gasteiger partial charge on any atom is -0.481 e. The molecule has 6 nitrogen and oxygen atoms in total. The van der Waals surface area contributed by atoms with Gasteiger partial charge in [-0.05, 0) is 30.0 Å². The monoisotopic (exact) mass is 338 g/mol. The van der Waals surface area contributed by atoms with Gasteiger partial charge in [0.1, 0.15) is 5.82 Å². The average molecular weight is 338 g/mol. The Morgan fingerprint density at radius 1 is 1.12 bits per heavy atom. The first-order valence-corrected chi connectivity index (χ1v) is 7.81. The summed E-state index contributed by atoms with van der Waals surface area (Å²) in [6, 6.07) is 4.45. The van der Waals surface area contributed by atoms with Gasteiger partial charge in [-0.2, -0.15) is 0 Å². The van der Waals surface area contributed by atoms with Crippen molar-refractivity contribution in [2.45, 2.75) is 39.2 Å². The van der Waals surface area contributed by atoms with E-state index >= 15 is 0 Å². The lowest BCUT2D eigenvalue weighted by atomic mass is 10.0. The highest BCUT2D eigenvalue weighted by Crippen LogP contribution is 2.17. The van der Waals surface area contributed by atoms with E-state index in [1.165, 1.54) is 24.3 Å². The number of aliphatic carboxylic acids is 1. The van der Waals surface area contributed by atoms with Crippen molar-refractivity contribution in [1.29, 1.82) is 0 Å². The fourth-order valence-corrected chi connectivity index (χ4v) is 2.05. The van der Waals surface area contributed by atoms with Crippen molar-refractivity contribution in [3.05, 3.63) is 35.6 Å². The fraction of sp³-hybridized carbons (Fsp3) is 0.471. The first-order chi connectivity index (χ1) is 11.3. The van der Waals surface area contributed by atoms with E-state index < -0.39 is 23.7 Å². The molecule has 1 atom stereocenters. The van der Waals surface area contributed by atoms with Crippen LogP contribution in [0.1, 0.15) is 44.7 Å². The third kappa shape index (κ3) is 7.71. The Hall–Kier alpha value is -2.44. The summed E-state index contributed by atoms with van der Waals surface area (Å²) in [5.41, 5.74) is 0.485. The second-order valence-corrected chi connectivity index (χ2v) is 5.98. The quantitative estimate of drug-likeness (QED) is 0.642. The maximum absolute atomic E-state index is 13.0. The largest absolute Gasteiger partial charge is 0.481 e. The lowest BCUT2D eigenvalue weighted by molar-refractivity contribution is -0.138. The van der Waals surface area contributed by atoms with Gasteiger partial charge in [0.25, 0.3) is 0 Å². The SMILES string of the molecule is CC(C)CCC(=O)NCC(=O)NC(CC(=O)O)c1ccc(F)cc1. The summed E-state index contributed by atoms with van der Waals surface area (Å²) in [6.07, 6.45) is 0.727. The van der Waals surface area contributed by atoms with E-state index in [9.17, 15) is 18.8 Å². The Balaban J connectivity index is 2.56. The van der Waals surface area contributed by atoms with Crippen LogP contribution in [0.3, 0.4) is 0 Å². The van der Waals surface area contributed by atoms with Crippen LogP contribution in [-0.2, 0) is 14.4 Å². The molecule has 1 unspecified atom stereocenters. The predicted octanol–water partition coefficient (Wildman–Crippen LogP) is 2.01. The van der Waals surface area contributed by atoms with E-state index in [2.05, 4.69) is 10.6 Å². The van der Waals surface area contributed by atoms with Crippen molar-refractivity contribution in [2.75, 3.05) is 6.54 Å². The molecule has 24 heavy (non-hydrogen) atoms. The van der Waals surface area contributed by atoms with Crippen molar-refractivity contribution >= 4 is 17.8 Å². The molecular formula is C17H23FN2O4. The van der Waals surface area contributed by atoms with Crippen LogP contribution in [0.15, 0.2) is 24.3 Å². The van der Waals surface area contributed by atoms with Gasteiger partial charge < -0.3 is 15.7 Å². The van der Waals surface area contributed by atoms with E-state index in [-0.39, 0.29) is 18.9 Å². The topological polar surface area (TPSA) is 95.5 Å². The van der Waals surface area contributed by atoms with Crippen LogP contribution in [0, 0.1) is 11.7 Å². The molecule has 0 aliphatic rings. The summed E-state index contributed by atoms with van der Waals surface area (Å²) in [7, 11) is 0. The van der Waals surface area contributed by atoms with E-state index in [1.807, 2.05) is 13.8 Å². The van der Waals surface area contributed by atoms with Crippen molar-refractivity contribution < 1.29 is 23.9 Å². The second kappa shape index (κ2) is 9.64. The highest BCUT2D eigenvalue weighted by Gasteiger charge is 2.18. The van der Waals surface area contributed by atoms with Gasteiger partial charge in [0, 0.05) is 6.42 Å². The Morgan fingerprint density at radius 3 is 2.29 bits per heavy atom. The van der Waals surface area contributed by atoms with Crippen molar-refractivity contribution in [3.63, 3.8) is 0 Å². The van der Waals surface area contributed by atoms with Crippen LogP contribution < -0.4 is 10.6 Å². The molecule has 0 saturated heterocycles. The number of carbonyl (C=O) groups is 3. The number of benzene rings is 1. The van der Waals surface area contributed by atoms with Crippen LogP contribution in [0.5, 0.6) is 0 Å². The number of hydrogen-bond donors (Lipinski definition) is 3. The summed E-state index contributed by atoms with van der Waals surface area (Å²) in [4.78, 5) is 34.5. The molecule has 0 spiro atoms. The molecule has 0 aromatic heterocycles. The first kappa shape index (κ1) is 19.6. The van der Waals surface area contributed by atoms with Crippen LogP contribution in [0.25, 0.3) is 0 Å². The van der Waals surface area contributed by atoms with Gasteiger partial charge in [0.15, 0.2) is 0 Å². The van der Waals surface area contributed by atoms with Crippen molar-refractivity contribution in [2.24, 2.45) is 5.92 Å². The van der Waals surface area contributed by atoms with Gasteiger partial charge in [-0.3, -0.25) is 14.4 Å². The van der Waals surface area contributed by atoms with Crippen LogP contribution >= 0.6 is 0 Å². The molecular weight excluding hydrogens is 315 g/mol. The highest BCUT2D eigenvalue weighted by atomic mass is 19.1. The molecule has 1 rings (SSSR count). The lowest BCUT2D eigenvalue weighted by Crippen LogP contribution is -2.39. The Morgan fingerprint density at radius 2 is 1.75 bits per heavy atom. The standard InChI is InChI=1S/C17H23FN2O4/c1-11(2)3-8-15(21)19-10-16(22)20-14(9-17(23)24)12-4-6-13(18)7-5-12/h4-7,11,14H,3,8-10H2,1-2H3,(H,19,21)(H,20,22)(H,23,24). The molecule has 0 saturated carbocycles. The molecule has 0 aliphatic carbocycles. The molecule has 7 heteroatoms. The molecule has 1 aromatic carbocycles. The van der Waals surface area contributed by atoms with Gasteiger partial charge in [0.2, 0.25) is 11.8 Å². The Labute approximate surface area is 140 Å². The number of halogens is 1. The average Bonchev–Trinajstić information content (AvgIpc) is 2.50. The first-order valence-electron chi connectivity index (χ1n) is 7.81. The number of nitrogens with one attached hydrogen (secondary N) is 2. The van der Waals surface area contributed by atoms with Crippen molar-refractivity contribution in [1.82, 2.24) is 10.6 Å². The molecule has 2 amide bonds. The number of amides is 2. The van der Waals surface area contributed by atoms with E-state index in [0.717, 1.165) is 6.42 Å².